The van der Waals surface area contributed by atoms with Crippen LogP contribution in [0.5, 0.6) is 0 Å². The number of fused-ring (bicyclic) bond motifs is 1. The van der Waals surface area contributed by atoms with E-state index in [4.69, 9.17) is 4.74 Å². The van der Waals surface area contributed by atoms with E-state index < -0.39 is 41.5 Å². The Kier molecular flexibility index (Phi) is 7.88. The summed E-state index contributed by atoms with van der Waals surface area (Å²) in [5.74, 6) is -4.88. The molecule has 0 aliphatic heterocycles. The molecule has 2 N–H and O–H groups in total. The smallest absolute Gasteiger partial charge is 0.335 e. The lowest BCUT2D eigenvalue weighted by Crippen LogP contribution is -2.35. The van der Waals surface area contributed by atoms with Crippen LogP contribution in [0.15, 0.2) is 60.7 Å². The molecule has 1 aliphatic carbocycles. The van der Waals surface area contributed by atoms with Gasteiger partial charge >= 0.3 is 5.97 Å². The molecule has 5 rings (SSSR count). The van der Waals surface area contributed by atoms with E-state index in [1.807, 2.05) is 30.3 Å². The predicted octanol–water partition coefficient (Wildman–Crippen LogP) is 6.65. The fraction of sp³-hybridized carbons (Fsp3) is 0.300. The van der Waals surface area contributed by atoms with Crippen LogP contribution in [0.4, 0.5) is 18.9 Å². The van der Waals surface area contributed by atoms with E-state index >= 15 is 0 Å². The normalized spacial score (nSPS) is 15.6. The molecular formula is C30H28F3N3O4. The summed E-state index contributed by atoms with van der Waals surface area (Å²) in [4.78, 5) is 29.9. The van der Waals surface area contributed by atoms with Crippen molar-refractivity contribution in [2.24, 2.45) is 5.92 Å². The van der Waals surface area contributed by atoms with Crippen molar-refractivity contribution in [2.45, 2.75) is 44.2 Å². The Balaban J connectivity index is 1.68. The zero-order valence-corrected chi connectivity index (χ0v) is 21.7. The second-order valence-corrected chi connectivity index (χ2v) is 9.95. The number of rotatable bonds is 8. The molecule has 0 unspecified atom stereocenters. The third kappa shape index (κ3) is 5.31. The van der Waals surface area contributed by atoms with E-state index in [-0.39, 0.29) is 34.0 Å². The van der Waals surface area contributed by atoms with Crippen molar-refractivity contribution in [3.05, 3.63) is 95.1 Å². The molecule has 0 radical (unpaired) electrons. The van der Waals surface area contributed by atoms with Crippen molar-refractivity contribution in [1.29, 1.82) is 0 Å². The van der Waals surface area contributed by atoms with Gasteiger partial charge in [0.15, 0.2) is 11.6 Å². The zero-order valence-electron chi connectivity index (χ0n) is 21.7. The monoisotopic (exact) mass is 551 g/mol. The summed E-state index contributed by atoms with van der Waals surface area (Å²) in [6.07, 6.45) is 3.33. The molecule has 3 aromatic carbocycles. The number of benzene rings is 3. The van der Waals surface area contributed by atoms with Crippen LogP contribution in [0.2, 0.25) is 0 Å². The molecule has 1 saturated carbocycles. The second kappa shape index (κ2) is 11.5. The minimum Gasteiger partial charge on any atom is -0.478 e. The molecule has 1 heterocycles. The van der Waals surface area contributed by atoms with Gasteiger partial charge in [-0.1, -0.05) is 49.6 Å². The number of ether oxygens (including phenoxy) is 1. The predicted molar refractivity (Wildman–Crippen MR) is 143 cm³/mol. The van der Waals surface area contributed by atoms with Gasteiger partial charge in [0, 0.05) is 19.2 Å². The fourth-order valence-corrected chi connectivity index (χ4v) is 5.55. The summed E-state index contributed by atoms with van der Waals surface area (Å²) in [6, 6.07) is 13.4. The highest BCUT2D eigenvalue weighted by molar-refractivity contribution is 5.96. The van der Waals surface area contributed by atoms with E-state index in [1.54, 1.807) is 4.57 Å². The van der Waals surface area contributed by atoms with Crippen LogP contribution < -0.4 is 5.32 Å². The van der Waals surface area contributed by atoms with E-state index in [9.17, 15) is 27.9 Å². The number of methoxy groups -OCH3 is 1. The maximum absolute atomic E-state index is 14.8. The Labute approximate surface area is 228 Å². The quantitative estimate of drug-likeness (QED) is 0.256. The van der Waals surface area contributed by atoms with Crippen LogP contribution in [0.1, 0.15) is 66.0 Å². The fourth-order valence-electron chi connectivity index (χ4n) is 5.55. The maximum Gasteiger partial charge on any atom is 0.335 e. The van der Waals surface area contributed by atoms with Crippen LogP contribution >= 0.6 is 0 Å². The Bertz CT molecular complexity index is 1550. The number of hydrogen-bond donors (Lipinski definition) is 2. The Hall–Kier alpha value is -4.18. The van der Waals surface area contributed by atoms with Gasteiger partial charge in [-0.2, -0.15) is 0 Å². The van der Waals surface area contributed by atoms with Crippen molar-refractivity contribution in [1.82, 2.24) is 9.55 Å². The van der Waals surface area contributed by atoms with Gasteiger partial charge in [0.05, 0.1) is 22.3 Å². The van der Waals surface area contributed by atoms with E-state index in [0.29, 0.717) is 12.8 Å². The molecule has 0 saturated heterocycles. The third-order valence-electron chi connectivity index (χ3n) is 7.45. The van der Waals surface area contributed by atoms with Gasteiger partial charge < -0.3 is 19.7 Å². The number of carboxylic acid groups (broad SMARTS) is 1. The van der Waals surface area contributed by atoms with Crippen LogP contribution in [-0.4, -0.2) is 33.6 Å². The summed E-state index contributed by atoms with van der Waals surface area (Å²) in [5.41, 5.74) is 0.633. The Morgan fingerprint density at radius 2 is 1.68 bits per heavy atom. The third-order valence-corrected chi connectivity index (χ3v) is 7.45. The van der Waals surface area contributed by atoms with Crippen molar-refractivity contribution in [2.75, 3.05) is 12.4 Å². The highest BCUT2D eigenvalue weighted by atomic mass is 19.2. The average molecular weight is 552 g/mol. The summed E-state index contributed by atoms with van der Waals surface area (Å²) in [5, 5.41) is 11.8. The lowest BCUT2D eigenvalue weighted by atomic mass is 9.83. The van der Waals surface area contributed by atoms with Crippen LogP contribution in [0, 0.1) is 23.4 Å². The molecule has 0 spiro atoms. The lowest BCUT2D eigenvalue weighted by Gasteiger charge is -2.33. The number of amides is 1. The number of imidazole rings is 1. The molecule has 1 aliphatic rings. The summed E-state index contributed by atoms with van der Waals surface area (Å²) >= 11 is 0. The number of carbonyl (C=O) groups is 2. The first-order chi connectivity index (χ1) is 19.3. The molecular weight excluding hydrogens is 523 g/mol. The molecule has 208 valence electrons. The highest BCUT2D eigenvalue weighted by Gasteiger charge is 2.37. The average Bonchev–Trinajstić information content (AvgIpc) is 3.28. The molecule has 1 amide bonds. The first kappa shape index (κ1) is 27.4. The van der Waals surface area contributed by atoms with Gasteiger partial charge in [-0.25, -0.2) is 22.9 Å². The number of aromatic carboxylic acids is 1. The largest absolute Gasteiger partial charge is 0.478 e. The second-order valence-electron chi connectivity index (χ2n) is 9.95. The van der Waals surface area contributed by atoms with Crippen molar-refractivity contribution >= 4 is 28.6 Å². The molecule has 7 nitrogen and oxygen atoms in total. The van der Waals surface area contributed by atoms with E-state index in [0.717, 1.165) is 43.0 Å². The van der Waals surface area contributed by atoms with Crippen molar-refractivity contribution in [3.8, 4) is 0 Å². The van der Waals surface area contributed by atoms with Crippen molar-refractivity contribution < 1.29 is 32.6 Å². The Morgan fingerprint density at radius 3 is 2.33 bits per heavy atom. The number of nitrogens with zero attached hydrogens (tertiary/aromatic N) is 2. The zero-order chi connectivity index (χ0) is 28.4. The highest BCUT2D eigenvalue weighted by Crippen LogP contribution is 2.40. The molecule has 10 heteroatoms. The van der Waals surface area contributed by atoms with Crippen LogP contribution in [-0.2, 0) is 9.53 Å². The topological polar surface area (TPSA) is 93.5 Å². The first-order valence-electron chi connectivity index (χ1n) is 13.1. The number of carboxylic acids is 1. The molecule has 1 aromatic heterocycles. The number of nitrogens with one attached hydrogen (secondary N) is 1. The molecule has 1 fully saturated rings. The number of halogens is 3. The number of anilines is 1. The van der Waals surface area contributed by atoms with E-state index in [1.165, 1.54) is 19.2 Å². The van der Waals surface area contributed by atoms with Gasteiger partial charge in [0.25, 0.3) is 0 Å². The summed E-state index contributed by atoms with van der Waals surface area (Å²) < 4.78 is 51.2. The first-order valence-corrected chi connectivity index (χ1v) is 13.1. The molecule has 40 heavy (non-hydrogen) atoms. The number of aromatic nitrogens is 2. The van der Waals surface area contributed by atoms with E-state index in [2.05, 4.69) is 10.3 Å². The molecule has 2 atom stereocenters. The van der Waals surface area contributed by atoms with Crippen molar-refractivity contribution in [3.63, 3.8) is 0 Å². The van der Waals surface area contributed by atoms with Crippen LogP contribution in [0.25, 0.3) is 11.0 Å². The lowest BCUT2D eigenvalue weighted by molar-refractivity contribution is -0.121. The Morgan fingerprint density at radius 1 is 0.975 bits per heavy atom. The van der Waals surface area contributed by atoms with Gasteiger partial charge in [-0.3, -0.25) is 4.79 Å². The van der Waals surface area contributed by atoms with Gasteiger partial charge in [0.2, 0.25) is 5.91 Å². The SMILES string of the molecule is CO[C@H](c1ccccc1)c1nc2cc(F)c(F)cc2n1[C@H](C(=O)Nc1ccc(C(=O)O)cc1F)C1CCCCC1. The molecule has 4 aromatic rings. The van der Waals surface area contributed by atoms with Gasteiger partial charge in [-0.15, -0.1) is 0 Å². The maximum atomic E-state index is 14.8. The van der Waals surface area contributed by atoms with Gasteiger partial charge in [-0.05, 0) is 42.5 Å². The summed E-state index contributed by atoms with van der Waals surface area (Å²) in [6.45, 7) is 0. The van der Waals surface area contributed by atoms with Crippen LogP contribution in [0.3, 0.4) is 0 Å². The minimum atomic E-state index is -1.30. The van der Waals surface area contributed by atoms with Gasteiger partial charge in [0.1, 0.15) is 23.8 Å². The number of carbonyl (C=O) groups excluding carboxylic acids is 1. The standard InChI is InChI=1S/C30H28F3N3O4/c1-40-27(18-10-6-3-7-11-18)28-34-24-15-20(31)21(32)16-25(24)36(28)26(17-8-4-2-5-9-17)29(37)35-23-13-12-19(30(38)39)14-22(23)33/h3,6-7,10-17,26-27H,2,4-5,8-9H2,1H3,(H,35,37)(H,38,39)/t26-,27+/m0/s1. The number of hydrogen-bond acceptors (Lipinski definition) is 4. The molecule has 0 bridgehead atoms. The summed E-state index contributed by atoms with van der Waals surface area (Å²) in [7, 11) is 1.48. The minimum absolute atomic E-state index is 0.150.